The number of nitrogens with one attached hydrogen (secondary N) is 2. The van der Waals surface area contributed by atoms with Crippen molar-refractivity contribution in [2.75, 3.05) is 13.1 Å². The van der Waals surface area contributed by atoms with Crippen LogP contribution in [0, 0.1) is 0 Å². The second-order valence-electron chi connectivity index (χ2n) is 6.22. The second-order valence-corrected chi connectivity index (χ2v) is 6.22. The molecule has 26 heavy (non-hydrogen) atoms. The highest BCUT2D eigenvalue weighted by Gasteiger charge is 2.14. The number of aliphatic imine (C=N–C) groups is 1. The molecule has 0 radical (unpaired) electrons. The van der Waals surface area contributed by atoms with Crippen molar-refractivity contribution in [1.82, 2.24) is 25.8 Å². The molecule has 0 atom stereocenters. The summed E-state index contributed by atoms with van der Waals surface area (Å²) in [7, 11) is 0. The van der Waals surface area contributed by atoms with Gasteiger partial charge in [-0.1, -0.05) is 30.5 Å². The molecule has 0 aromatic carbocycles. The topological polar surface area (TPSA) is 88.2 Å². The largest absolute Gasteiger partial charge is 0.357 e. The smallest absolute Gasteiger partial charge is 0.276 e. The molecular weight excluding hydrogens is 443 g/mol. The van der Waals surface area contributed by atoms with Crippen LogP contribution < -0.4 is 10.6 Å². The van der Waals surface area contributed by atoms with Crippen molar-refractivity contribution in [3.63, 3.8) is 0 Å². The van der Waals surface area contributed by atoms with E-state index in [-0.39, 0.29) is 24.0 Å². The van der Waals surface area contributed by atoms with Gasteiger partial charge in [0, 0.05) is 31.7 Å². The van der Waals surface area contributed by atoms with Crippen LogP contribution in [0.1, 0.15) is 44.9 Å². The van der Waals surface area contributed by atoms with Crippen LogP contribution in [-0.2, 0) is 6.42 Å². The van der Waals surface area contributed by atoms with E-state index in [0.29, 0.717) is 36.4 Å². The highest BCUT2D eigenvalue weighted by molar-refractivity contribution is 14.0. The zero-order valence-corrected chi connectivity index (χ0v) is 17.5. The fourth-order valence-electron chi connectivity index (χ4n) is 2.98. The molecule has 3 rings (SSSR count). The lowest BCUT2D eigenvalue weighted by molar-refractivity contribution is 0.410. The normalized spacial score (nSPS) is 15.3. The molecule has 1 saturated carbocycles. The Hall–Kier alpha value is -1.71. The summed E-state index contributed by atoms with van der Waals surface area (Å²) in [6.45, 7) is 3.55. The van der Waals surface area contributed by atoms with Crippen LogP contribution in [0.2, 0.25) is 0 Å². The number of halogens is 1. The Morgan fingerprint density at radius 3 is 2.85 bits per heavy atom. The van der Waals surface area contributed by atoms with Gasteiger partial charge in [-0.3, -0.25) is 9.98 Å². The van der Waals surface area contributed by atoms with E-state index < -0.39 is 0 Å². The third-order valence-corrected chi connectivity index (χ3v) is 4.25. The highest BCUT2D eigenvalue weighted by atomic mass is 127. The molecule has 1 fully saturated rings. The standard InChI is InChI=1S/C18H26N6O.HI/c1-2-19-18(22-14-8-4-3-5-9-14)21-13-11-16-23-17(25-24-16)15-10-6-7-12-20-15;/h6-7,10,12,14H,2-5,8-9,11,13H2,1H3,(H2,19,21,22);1H. The van der Waals surface area contributed by atoms with Gasteiger partial charge >= 0.3 is 0 Å². The van der Waals surface area contributed by atoms with E-state index >= 15 is 0 Å². The summed E-state index contributed by atoms with van der Waals surface area (Å²) in [5.41, 5.74) is 0.692. The van der Waals surface area contributed by atoms with Gasteiger partial charge in [-0.2, -0.15) is 4.98 Å². The van der Waals surface area contributed by atoms with E-state index in [9.17, 15) is 0 Å². The summed E-state index contributed by atoms with van der Waals surface area (Å²) < 4.78 is 5.27. The Morgan fingerprint density at radius 1 is 1.27 bits per heavy atom. The predicted octanol–water partition coefficient (Wildman–Crippen LogP) is 3.18. The molecule has 0 aliphatic heterocycles. The Labute approximate surface area is 171 Å². The van der Waals surface area contributed by atoms with Crippen molar-refractivity contribution in [3.05, 3.63) is 30.2 Å². The lowest BCUT2D eigenvalue weighted by Crippen LogP contribution is -2.44. The first-order valence-corrected chi connectivity index (χ1v) is 9.14. The van der Waals surface area contributed by atoms with Crippen LogP contribution >= 0.6 is 24.0 Å². The van der Waals surface area contributed by atoms with Gasteiger partial charge in [0.25, 0.3) is 5.89 Å². The maximum atomic E-state index is 5.27. The minimum atomic E-state index is 0. The molecule has 0 amide bonds. The Balaban J connectivity index is 0.00000243. The van der Waals surface area contributed by atoms with Crippen molar-refractivity contribution in [2.24, 2.45) is 4.99 Å². The number of rotatable bonds is 6. The zero-order valence-electron chi connectivity index (χ0n) is 15.1. The molecule has 0 unspecified atom stereocenters. The van der Waals surface area contributed by atoms with Crippen LogP contribution in [0.4, 0.5) is 0 Å². The lowest BCUT2D eigenvalue weighted by atomic mass is 9.96. The zero-order chi connectivity index (χ0) is 17.3. The van der Waals surface area contributed by atoms with Crippen LogP contribution in [0.3, 0.4) is 0 Å². The van der Waals surface area contributed by atoms with Gasteiger partial charge in [0.1, 0.15) is 5.69 Å². The van der Waals surface area contributed by atoms with E-state index in [2.05, 4.69) is 37.7 Å². The number of hydrogen-bond donors (Lipinski definition) is 2. The summed E-state index contributed by atoms with van der Waals surface area (Å²) in [5.74, 6) is 1.98. The van der Waals surface area contributed by atoms with Gasteiger partial charge in [0.2, 0.25) is 0 Å². The van der Waals surface area contributed by atoms with Crippen molar-refractivity contribution < 1.29 is 4.52 Å². The summed E-state index contributed by atoms with van der Waals surface area (Å²) >= 11 is 0. The van der Waals surface area contributed by atoms with Crippen LogP contribution in [0.5, 0.6) is 0 Å². The second kappa shape index (κ2) is 11.1. The van der Waals surface area contributed by atoms with Crippen LogP contribution in [0.15, 0.2) is 33.9 Å². The van der Waals surface area contributed by atoms with Gasteiger partial charge in [-0.15, -0.1) is 24.0 Å². The number of aromatic nitrogens is 3. The van der Waals surface area contributed by atoms with Gasteiger partial charge in [0.15, 0.2) is 11.8 Å². The Kier molecular flexibility index (Phi) is 8.79. The first kappa shape index (κ1) is 20.6. The summed E-state index contributed by atoms with van der Waals surface area (Å²) in [6.07, 6.45) is 8.75. The monoisotopic (exact) mass is 470 g/mol. The van der Waals surface area contributed by atoms with Crippen molar-refractivity contribution in [3.8, 4) is 11.6 Å². The minimum absolute atomic E-state index is 0. The molecule has 1 aliphatic carbocycles. The van der Waals surface area contributed by atoms with Gasteiger partial charge in [0.05, 0.1) is 0 Å². The summed E-state index contributed by atoms with van der Waals surface area (Å²) in [5, 5.41) is 10.9. The summed E-state index contributed by atoms with van der Waals surface area (Å²) in [4.78, 5) is 13.2. The van der Waals surface area contributed by atoms with E-state index in [0.717, 1.165) is 12.5 Å². The molecule has 0 saturated heterocycles. The number of pyridine rings is 1. The minimum Gasteiger partial charge on any atom is -0.357 e. The molecule has 0 spiro atoms. The van der Waals surface area contributed by atoms with Crippen molar-refractivity contribution in [2.45, 2.75) is 51.5 Å². The first-order valence-electron chi connectivity index (χ1n) is 9.14. The molecular formula is C18H27IN6O. The van der Waals surface area contributed by atoms with Gasteiger partial charge < -0.3 is 15.2 Å². The summed E-state index contributed by atoms with van der Waals surface area (Å²) in [6, 6.07) is 6.15. The van der Waals surface area contributed by atoms with E-state index in [1.165, 1.54) is 32.1 Å². The number of nitrogens with zero attached hydrogens (tertiary/aromatic N) is 4. The number of guanidine groups is 1. The maximum Gasteiger partial charge on any atom is 0.276 e. The Bertz CT molecular complexity index is 669. The van der Waals surface area contributed by atoms with E-state index in [1.807, 2.05) is 18.2 Å². The molecule has 7 nitrogen and oxygen atoms in total. The molecule has 2 N–H and O–H groups in total. The predicted molar refractivity (Wildman–Crippen MR) is 113 cm³/mol. The van der Waals surface area contributed by atoms with Crippen LogP contribution in [0.25, 0.3) is 11.6 Å². The third-order valence-electron chi connectivity index (χ3n) is 4.25. The van der Waals surface area contributed by atoms with Gasteiger partial charge in [-0.25, -0.2) is 0 Å². The van der Waals surface area contributed by atoms with Crippen molar-refractivity contribution >= 4 is 29.9 Å². The maximum absolute atomic E-state index is 5.27. The van der Waals surface area contributed by atoms with Crippen LogP contribution in [-0.4, -0.2) is 40.2 Å². The average molecular weight is 470 g/mol. The quantitative estimate of drug-likeness (QED) is 0.383. The third kappa shape index (κ3) is 6.22. The lowest BCUT2D eigenvalue weighted by Gasteiger charge is -2.24. The number of hydrogen-bond acceptors (Lipinski definition) is 5. The SMILES string of the molecule is CCNC(=NCCc1noc(-c2ccccn2)n1)NC1CCCCC1.I. The fraction of sp³-hybridized carbons (Fsp3) is 0.556. The molecule has 8 heteroatoms. The molecule has 0 bridgehead atoms. The fourth-order valence-corrected chi connectivity index (χ4v) is 2.98. The Morgan fingerprint density at radius 2 is 2.12 bits per heavy atom. The van der Waals surface area contributed by atoms with E-state index in [1.54, 1.807) is 6.20 Å². The van der Waals surface area contributed by atoms with Gasteiger partial charge in [-0.05, 0) is 31.9 Å². The average Bonchev–Trinajstić information content (AvgIpc) is 3.12. The molecule has 2 aromatic heterocycles. The molecule has 1 aliphatic rings. The first-order chi connectivity index (χ1) is 12.3. The molecule has 2 heterocycles. The van der Waals surface area contributed by atoms with E-state index in [4.69, 9.17) is 4.52 Å². The van der Waals surface area contributed by atoms with Crippen molar-refractivity contribution in [1.29, 1.82) is 0 Å². The molecule has 2 aromatic rings. The molecule has 142 valence electrons. The highest BCUT2D eigenvalue weighted by Crippen LogP contribution is 2.17.